The van der Waals surface area contributed by atoms with Crippen LogP contribution in [-0.4, -0.2) is 40.3 Å². The van der Waals surface area contributed by atoms with Crippen molar-refractivity contribution in [1.82, 2.24) is 5.32 Å². The number of hydrogen-bond acceptors (Lipinski definition) is 6. The Labute approximate surface area is 138 Å². The zero-order chi connectivity index (χ0) is 18.3. The number of rotatable bonds is 7. The molecular weight excluding hydrogens is 320 g/mol. The van der Waals surface area contributed by atoms with Crippen molar-refractivity contribution in [3.8, 4) is 5.75 Å². The second kappa shape index (κ2) is 8.14. The summed E-state index contributed by atoms with van der Waals surface area (Å²) >= 11 is 0. The van der Waals surface area contributed by atoms with Gasteiger partial charge in [0.1, 0.15) is 12.2 Å². The summed E-state index contributed by atoms with van der Waals surface area (Å²) in [6, 6.07) is 4.79. The molecule has 0 fully saturated rings. The molecule has 1 amide bonds. The lowest BCUT2D eigenvalue weighted by Gasteiger charge is -2.23. The number of para-hydroxylation sites is 2. The van der Waals surface area contributed by atoms with Gasteiger partial charge in [-0.25, -0.2) is 4.79 Å². The van der Waals surface area contributed by atoms with Crippen LogP contribution in [-0.2, 0) is 9.53 Å². The Bertz CT molecular complexity index is 610. The summed E-state index contributed by atoms with van der Waals surface area (Å²) in [4.78, 5) is 33.0. The normalized spacial score (nSPS) is 12.1. The van der Waals surface area contributed by atoms with Gasteiger partial charge < -0.3 is 19.9 Å². The van der Waals surface area contributed by atoms with Gasteiger partial charge in [-0.2, -0.15) is 0 Å². The third kappa shape index (κ3) is 6.95. The van der Waals surface area contributed by atoms with Gasteiger partial charge >= 0.3 is 17.7 Å². The Balaban J connectivity index is 2.75. The van der Waals surface area contributed by atoms with Crippen molar-refractivity contribution in [2.24, 2.45) is 0 Å². The second-order valence-corrected chi connectivity index (χ2v) is 5.98. The number of carboxylic acids is 1. The Kier molecular flexibility index (Phi) is 6.51. The lowest BCUT2D eigenvalue weighted by molar-refractivity contribution is -0.385. The molecule has 1 rings (SSSR count). The molecule has 0 aliphatic rings. The molecule has 0 radical (unpaired) electrons. The van der Waals surface area contributed by atoms with Gasteiger partial charge in [-0.3, -0.25) is 14.9 Å². The van der Waals surface area contributed by atoms with Crippen LogP contribution in [0.25, 0.3) is 0 Å². The van der Waals surface area contributed by atoms with E-state index in [0.29, 0.717) is 0 Å². The largest absolute Gasteiger partial charge is 0.485 e. The third-order valence-electron chi connectivity index (χ3n) is 2.64. The number of benzene rings is 1. The SMILES string of the molecule is CC(C)(C)OC(=O)N[C@H](COc1ccccc1[N+](=O)[O-])CC(=O)O. The van der Waals surface area contributed by atoms with Gasteiger partial charge in [-0.05, 0) is 26.8 Å². The van der Waals surface area contributed by atoms with Crippen LogP contribution in [0.3, 0.4) is 0 Å². The Morgan fingerprint density at radius 2 is 1.96 bits per heavy atom. The molecule has 1 aromatic carbocycles. The fourth-order valence-electron chi connectivity index (χ4n) is 1.76. The summed E-state index contributed by atoms with van der Waals surface area (Å²) in [6.07, 6.45) is -1.21. The van der Waals surface area contributed by atoms with Crippen LogP contribution in [0.2, 0.25) is 0 Å². The van der Waals surface area contributed by atoms with Crippen LogP contribution in [0.15, 0.2) is 24.3 Å². The lowest BCUT2D eigenvalue weighted by Crippen LogP contribution is -2.43. The number of ether oxygens (including phenoxy) is 2. The van der Waals surface area contributed by atoms with E-state index in [9.17, 15) is 19.7 Å². The molecule has 0 saturated carbocycles. The number of nitro groups is 1. The van der Waals surface area contributed by atoms with Crippen molar-refractivity contribution in [1.29, 1.82) is 0 Å². The number of alkyl carbamates (subject to hydrolysis) is 1. The van der Waals surface area contributed by atoms with Gasteiger partial charge in [0.15, 0.2) is 5.75 Å². The molecular formula is C15H20N2O7. The molecule has 0 heterocycles. The highest BCUT2D eigenvalue weighted by molar-refractivity contribution is 5.71. The smallest absolute Gasteiger partial charge is 0.408 e. The number of amides is 1. The number of carbonyl (C=O) groups is 2. The van der Waals surface area contributed by atoms with E-state index in [0.717, 1.165) is 0 Å². The number of hydrogen-bond donors (Lipinski definition) is 2. The van der Waals surface area contributed by atoms with Gasteiger partial charge in [0.2, 0.25) is 0 Å². The average Bonchev–Trinajstić information content (AvgIpc) is 2.42. The quantitative estimate of drug-likeness (QED) is 0.576. The van der Waals surface area contributed by atoms with Crippen molar-refractivity contribution in [3.63, 3.8) is 0 Å². The first-order valence-corrected chi connectivity index (χ1v) is 7.16. The highest BCUT2D eigenvalue weighted by Gasteiger charge is 2.23. The zero-order valence-corrected chi connectivity index (χ0v) is 13.6. The molecule has 132 valence electrons. The molecule has 0 aromatic heterocycles. The molecule has 0 aliphatic heterocycles. The fourth-order valence-corrected chi connectivity index (χ4v) is 1.76. The number of nitro benzene ring substituents is 1. The molecule has 0 saturated heterocycles. The topological polar surface area (TPSA) is 128 Å². The zero-order valence-electron chi connectivity index (χ0n) is 13.6. The molecule has 2 N–H and O–H groups in total. The molecule has 0 spiro atoms. The minimum absolute atomic E-state index is 0.0103. The van der Waals surface area contributed by atoms with Gasteiger partial charge in [0, 0.05) is 6.07 Å². The average molecular weight is 340 g/mol. The first-order valence-electron chi connectivity index (χ1n) is 7.16. The molecule has 0 bridgehead atoms. The highest BCUT2D eigenvalue weighted by atomic mass is 16.6. The van der Waals surface area contributed by atoms with Crippen molar-refractivity contribution in [2.45, 2.75) is 38.8 Å². The summed E-state index contributed by atoms with van der Waals surface area (Å²) < 4.78 is 10.4. The van der Waals surface area contributed by atoms with E-state index in [1.165, 1.54) is 18.2 Å². The van der Waals surface area contributed by atoms with Gasteiger partial charge in [0.05, 0.1) is 17.4 Å². The van der Waals surface area contributed by atoms with Crippen LogP contribution < -0.4 is 10.1 Å². The summed E-state index contributed by atoms with van der Waals surface area (Å²) in [5.41, 5.74) is -0.986. The molecule has 0 aliphatic carbocycles. The number of nitrogens with one attached hydrogen (secondary N) is 1. The van der Waals surface area contributed by atoms with Crippen LogP contribution in [0.5, 0.6) is 5.75 Å². The van der Waals surface area contributed by atoms with E-state index in [1.807, 2.05) is 0 Å². The van der Waals surface area contributed by atoms with Crippen LogP contribution >= 0.6 is 0 Å². The minimum atomic E-state index is -1.15. The molecule has 24 heavy (non-hydrogen) atoms. The fraction of sp³-hybridized carbons (Fsp3) is 0.467. The Morgan fingerprint density at radius 1 is 1.33 bits per heavy atom. The maximum Gasteiger partial charge on any atom is 0.408 e. The summed E-state index contributed by atoms with van der Waals surface area (Å²) in [6.45, 7) is 4.75. The van der Waals surface area contributed by atoms with Gasteiger partial charge in [-0.15, -0.1) is 0 Å². The van der Waals surface area contributed by atoms with Crippen LogP contribution in [0.1, 0.15) is 27.2 Å². The lowest BCUT2D eigenvalue weighted by atomic mass is 10.2. The summed E-state index contributed by atoms with van der Waals surface area (Å²) in [5, 5.41) is 22.2. The molecule has 9 heteroatoms. The predicted octanol–water partition coefficient (Wildman–Crippen LogP) is 2.34. The standard InChI is InChI=1S/C15H20N2O7/c1-15(2,3)24-14(20)16-10(8-13(18)19)9-23-12-7-5-4-6-11(12)17(21)22/h4-7,10H,8-9H2,1-3H3,(H,16,20)(H,18,19)/t10-/m0/s1. The number of carbonyl (C=O) groups excluding carboxylic acids is 1. The van der Waals surface area contributed by atoms with Crippen LogP contribution in [0, 0.1) is 10.1 Å². The number of carboxylic acid groups (broad SMARTS) is 1. The predicted molar refractivity (Wildman–Crippen MR) is 84.0 cm³/mol. The van der Waals surface area contributed by atoms with E-state index in [1.54, 1.807) is 26.8 Å². The summed E-state index contributed by atoms with van der Waals surface area (Å²) in [5.74, 6) is -1.16. The van der Waals surface area contributed by atoms with Crippen molar-refractivity contribution in [3.05, 3.63) is 34.4 Å². The molecule has 1 aromatic rings. The monoisotopic (exact) mass is 340 g/mol. The number of nitrogens with zero attached hydrogens (tertiary/aromatic N) is 1. The van der Waals surface area contributed by atoms with E-state index >= 15 is 0 Å². The van der Waals surface area contributed by atoms with Crippen LogP contribution in [0.4, 0.5) is 10.5 Å². The van der Waals surface area contributed by atoms with E-state index in [-0.39, 0.29) is 18.0 Å². The minimum Gasteiger partial charge on any atom is -0.485 e. The molecule has 9 nitrogen and oxygen atoms in total. The Hall–Kier alpha value is -2.84. The first kappa shape index (κ1) is 19.2. The molecule has 1 atom stereocenters. The Morgan fingerprint density at radius 3 is 2.50 bits per heavy atom. The maximum absolute atomic E-state index is 11.7. The summed E-state index contributed by atoms with van der Waals surface area (Å²) in [7, 11) is 0. The van der Waals surface area contributed by atoms with Gasteiger partial charge in [-0.1, -0.05) is 12.1 Å². The van der Waals surface area contributed by atoms with E-state index in [4.69, 9.17) is 14.6 Å². The van der Waals surface area contributed by atoms with E-state index in [2.05, 4.69) is 5.32 Å². The first-order chi connectivity index (χ1) is 11.1. The number of aliphatic carboxylic acids is 1. The maximum atomic E-state index is 11.7. The van der Waals surface area contributed by atoms with Crippen molar-refractivity contribution in [2.75, 3.05) is 6.61 Å². The van der Waals surface area contributed by atoms with Gasteiger partial charge in [0.25, 0.3) is 0 Å². The van der Waals surface area contributed by atoms with E-state index < -0.39 is 35.0 Å². The second-order valence-electron chi connectivity index (χ2n) is 5.98. The third-order valence-corrected chi connectivity index (χ3v) is 2.64. The van der Waals surface area contributed by atoms with Crippen molar-refractivity contribution < 1.29 is 29.1 Å². The highest BCUT2D eigenvalue weighted by Crippen LogP contribution is 2.25. The van der Waals surface area contributed by atoms with Crippen molar-refractivity contribution >= 4 is 17.7 Å². The molecule has 0 unspecified atom stereocenters.